The quantitative estimate of drug-likeness (QED) is 0.428. The van der Waals surface area contributed by atoms with Crippen LogP contribution in [0.3, 0.4) is 0 Å². The summed E-state index contributed by atoms with van der Waals surface area (Å²) >= 11 is 0. The minimum Gasteiger partial charge on any atom is -0.493 e. The van der Waals surface area contributed by atoms with Gasteiger partial charge in [0, 0.05) is 22.4 Å². The second-order valence-corrected chi connectivity index (χ2v) is 11.5. The topological polar surface area (TPSA) is 62.2 Å². The van der Waals surface area contributed by atoms with Crippen molar-refractivity contribution < 1.29 is 19.7 Å². The molecule has 4 aliphatic rings. The molecule has 6 atom stereocenters. The maximum atomic E-state index is 11.9. The number of piperidine rings is 1. The Balaban J connectivity index is 1.27. The van der Waals surface area contributed by atoms with Crippen molar-refractivity contribution in [1.29, 1.82) is 0 Å². The summed E-state index contributed by atoms with van der Waals surface area (Å²) in [6.07, 6.45) is 10.1. The first-order valence-corrected chi connectivity index (χ1v) is 13.6. The highest BCUT2D eigenvalue weighted by Gasteiger charge is 2.69. The Morgan fingerprint density at radius 1 is 1.17 bits per heavy atom. The summed E-state index contributed by atoms with van der Waals surface area (Å²) in [5, 5.41) is 22.6. The van der Waals surface area contributed by atoms with Crippen LogP contribution < -0.4 is 9.47 Å². The number of nitrogens with zero attached hydrogens (tertiary/aromatic N) is 1. The monoisotopic (exact) mass is 489 g/mol. The molecule has 2 aliphatic heterocycles. The van der Waals surface area contributed by atoms with Gasteiger partial charge in [-0.1, -0.05) is 48.6 Å². The first-order valence-electron chi connectivity index (χ1n) is 13.6. The number of aliphatic hydroxyl groups excluding tert-OH is 2. The third-order valence-electron chi connectivity index (χ3n) is 9.79. The smallest absolute Gasteiger partial charge is 0.165 e. The molecule has 0 amide bonds. The minimum atomic E-state index is -0.772. The van der Waals surface area contributed by atoms with Crippen molar-refractivity contribution >= 4 is 0 Å². The number of likely N-dealkylation sites (N-methyl/N-ethyl adjacent to an activating group) is 1. The van der Waals surface area contributed by atoms with Gasteiger partial charge in [0.2, 0.25) is 0 Å². The van der Waals surface area contributed by atoms with Crippen molar-refractivity contribution in [3.8, 4) is 11.5 Å². The molecule has 1 saturated heterocycles. The average Bonchev–Trinajstić information content (AvgIpc) is 3.26. The van der Waals surface area contributed by atoms with Crippen LogP contribution in [0.2, 0.25) is 0 Å². The molecule has 0 radical (unpaired) electrons. The Morgan fingerprint density at radius 2 is 2.00 bits per heavy atom. The lowest BCUT2D eigenvalue weighted by atomic mass is 9.47. The molecule has 2 aliphatic carbocycles. The van der Waals surface area contributed by atoms with E-state index in [4.69, 9.17) is 9.47 Å². The number of benzene rings is 2. The SMILES string of the molecule is COc1ccc2c3c1OC1[C@H](O)[C@@](/C=C/CCCCc4ccccc4)(CO)CC4C(C2)N(C)CCC341. The largest absolute Gasteiger partial charge is 0.493 e. The van der Waals surface area contributed by atoms with Gasteiger partial charge in [0.1, 0.15) is 12.2 Å². The molecule has 4 unspecified atom stereocenters. The lowest BCUT2D eigenvalue weighted by Crippen LogP contribution is -2.70. The Bertz CT molecular complexity index is 1130. The molecule has 192 valence electrons. The third-order valence-corrected chi connectivity index (χ3v) is 9.79. The predicted octanol–water partition coefficient (Wildman–Crippen LogP) is 4.28. The zero-order valence-corrected chi connectivity index (χ0v) is 21.5. The molecule has 2 N–H and O–H groups in total. The molecule has 1 saturated carbocycles. The summed E-state index contributed by atoms with van der Waals surface area (Å²) in [6.45, 7) is 0.922. The van der Waals surface area contributed by atoms with Crippen LogP contribution in [0.25, 0.3) is 0 Å². The van der Waals surface area contributed by atoms with Crippen LogP contribution in [0, 0.1) is 11.3 Å². The molecule has 2 bridgehead atoms. The Hall–Kier alpha value is -2.34. The van der Waals surface area contributed by atoms with E-state index >= 15 is 0 Å². The van der Waals surface area contributed by atoms with Gasteiger partial charge < -0.3 is 24.6 Å². The molecule has 5 nitrogen and oxygen atoms in total. The maximum absolute atomic E-state index is 11.9. The summed E-state index contributed by atoms with van der Waals surface area (Å²) in [4.78, 5) is 2.49. The van der Waals surface area contributed by atoms with Gasteiger partial charge in [-0.15, -0.1) is 0 Å². The van der Waals surface area contributed by atoms with E-state index in [1.165, 1.54) is 16.7 Å². The van der Waals surface area contributed by atoms with E-state index in [0.29, 0.717) is 12.0 Å². The number of unbranched alkanes of at least 4 members (excludes halogenated alkanes) is 2. The minimum absolute atomic E-state index is 0.0715. The van der Waals surface area contributed by atoms with Gasteiger partial charge in [0.25, 0.3) is 0 Å². The lowest BCUT2D eigenvalue weighted by Gasteiger charge is -2.62. The van der Waals surface area contributed by atoms with Crippen molar-refractivity contribution in [2.24, 2.45) is 11.3 Å². The van der Waals surface area contributed by atoms with E-state index in [1.807, 2.05) is 6.07 Å². The van der Waals surface area contributed by atoms with E-state index in [2.05, 4.69) is 60.5 Å². The molecular formula is C31H39NO4. The second-order valence-electron chi connectivity index (χ2n) is 11.5. The fourth-order valence-electron chi connectivity index (χ4n) is 7.91. The van der Waals surface area contributed by atoms with Gasteiger partial charge >= 0.3 is 0 Å². The van der Waals surface area contributed by atoms with E-state index in [-0.39, 0.29) is 18.1 Å². The number of methoxy groups -OCH3 is 1. The highest BCUT2D eigenvalue weighted by atomic mass is 16.5. The zero-order chi connectivity index (χ0) is 24.9. The first-order chi connectivity index (χ1) is 17.5. The highest BCUT2D eigenvalue weighted by Crippen LogP contribution is 2.66. The number of hydrogen-bond donors (Lipinski definition) is 2. The fraction of sp³-hybridized carbons (Fsp3) is 0.548. The van der Waals surface area contributed by atoms with Gasteiger partial charge in [-0.3, -0.25) is 0 Å². The number of likely N-dealkylation sites (tertiary alicyclic amines) is 1. The fourth-order valence-corrected chi connectivity index (χ4v) is 7.91. The highest BCUT2D eigenvalue weighted by molar-refractivity contribution is 5.61. The molecule has 2 heterocycles. The molecule has 0 aromatic heterocycles. The second kappa shape index (κ2) is 9.20. The van der Waals surface area contributed by atoms with Crippen molar-refractivity contribution in [3.05, 3.63) is 71.3 Å². The molecule has 6 rings (SSSR count). The molecule has 2 aromatic carbocycles. The van der Waals surface area contributed by atoms with Crippen molar-refractivity contribution in [2.45, 2.75) is 68.6 Å². The van der Waals surface area contributed by atoms with Crippen LogP contribution >= 0.6 is 0 Å². The van der Waals surface area contributed by atoms with Crippen LogP contribution in [0.15, 0.2) is 54.6 Å². The molecule has 5 heteroatoms. The van der Waals surface area contributed by atoms with Crippen LogP contribution in [-0.2, 0) is 18.3 Å². The van der Waals surface area contributed by atoms with Gasteiger partial charge in [0.05, 0.1) is 13.7 Å². The van der Waals surface area contributed by atoms with Crippen LogP contribution in [0.4, 0.5) is 0 Å². The third kappa shape index (κ3) is 3.47. The number of hydrogen-bond acceptors (Lipinski definition) is 5. The summed E-state index contributed by atoms with van der Waals surface area (Å²) < 4.78 is 12.4. The standard InChI is InChI=1S/C31H39NO4/c1-32-17-16-31-23-19-30(20-33,15-9-4-3-6-10-21-11-7-5-8-12-21)28(34)29(31)36-27-25(35-2)14-13-22(26(27)31)18-24(23)32/h5,7-9,11-15,23-24,28-29,33-34H,3-4,6,10,16-20H2,1-2H3/b15-9+/t23?,24?,28-,29?,30+,31?/m0/s1. The van der Waals surface area contributed by atoms with Crippen molar-refractivity contribution in [3.63, 3.8) is 0 Å². The van der Waals surface area contributed by atoms with Crippen molar-refractivity contribution in [1.82, 2.24) is 4.90 Å². The molecule has 1 spiro atoms. The molecule has 36 heavy (non-hydrogen) atoms. The van der Waals surface area contributed by atoms with Gasteiger partial charge in [0.15, 0.2) is 11.5 Å². The number of rotatable bonds is 8. The predicted molar refractivity (Wildman–Crippen MR) is 141 cm³/mol. The van der Waals surface area contributed by atoms with E-state index in [9.17, 15) is 10.2 Å². The summed E-state index contributed by atoms with van der Waals surface area (Å²) in [5.41, 5.74) is 3.08. The van der Waals surface area contributed by atoms with E-state index < -0.39 is 11.5 Å². The first kappa shape index (κ1) is 24.0. The number of aliphatic hydroxyl groups is 2. The molecule has 2 aromatic rings. The Labute approximate surface area is 214 Å². The van der Waals surface area contributed by atoms with Crippen LogP contribution in [0.5, 0.6) is 11.5 Å². The number of ether oxygens (including phenoxy) is 2. The van der Waals surface area contributed by atoms with Crippen LogP contribution in [0.1, 0.15) is 48.8 Å². The zero-order valence-electron chi connectivity index (χ0n) is 21.5. The number of aryl methyl sites for hydroxylation is 1. The summed E-state index contributed by atoms with van der Waals surface area (Å²) in [7, 11) is 3.92. The molecular weight excluding hydrogens is 450 g/mol. The van der Waals surface area contributed by atoms with Gasteiger partial charge in [-0.25, -0.2) is 0 Å². The van der Waals surface area contributed by atoms with Crippen molar-refractivity contribution in [2.75, 3.05) is 27.3 Å². The van der Waals surface area contributed by atoms with Gasteiger partial charge in [-0.2, -0.15) is 0 Å². The Kier molecular flexibility index (Phi) is 6.14. The van der Waals surface area contributed by atoms with E-state index in [1.54, 1.807) is 7.11 Å². The maximum Gasteiger partial charge on any atom is 0.165 e. The lowest BCUT2D eigenvalue weighted by molar-refractivity contribution is -0.159. The van der Waals surface area contributed by atoms with Gasteiger partial charge in [-0.05, 0) is 81.6 Å². The molecule has 2 fully saturated rings. The summed E-state index contributed by atoms with van der Waals surface area (Å²) in [5.74, 6) is 1.90. The number of allylic oxidation sites excluding steroid dienone is 1. The van der Waals surface area contributed by atoms with Crippen LogP contribution in [-0.4, -0.2) is 60.7 Å². The Morgan fingerprint density at radius 3 is 2.78 bits per heavy atom. The van der Waals surface area contributed by atoms with E-state index in [0.717, 1.165) is 63.0 Å². The average molecular weight is 490 g/mol. The normalized spacial score (nSPS) is 34.4. The summed E-state index contributed by atoms with van der Waals surface area (Å²) in [6, 6.07) is 15.2.